The number of benzene rings is 2. The lowest BCUT2D eigenvalue weighted by atomic mass is 10.2. The number of hydrogen-bond donors (Lipinski definition) is 2. The summed E-state index contributed by atoms with van der Waals surface area (Å²) in [5, 5.41) is 5.57. The minimum absolute atomic E-state index is 0.0281. The molecule has 0 saturated heterocycles. The molecule has 0 aliphatic carbocycles. The second-order valence-electron chi connectivity index (χ2n) is 6.94. The minimum Gasteiger partial charge on any atom is -0.466 e. The van der Waals surface area contributed by atoms with Gasteiger partial charge in [0.15, 0.2) is 0 Å². The van der Waals surface area contributed by atoms with E-state index in [-0.39, 0.29) is 31.4 Å². The van der Waals surface area contributed by atoms with Crippen LogP contribution in [-0.2, 0) is 14.3 Å². The van der Waals surface area contributed by atoms with E-state index in [4.69, 9.17) is 4.74 Å². The highest BCUT2D eigenvalue weighted by Crippen LogP contribution is 2.18. The highest BCUT2D eigenvalue weighted by molar-refractivity contribution is 6.01. The first-order chi connectivity index (χ1) is 14.9. The maximum Gasteiger partial charge on any atom is 0.326 e. The first kappa shape index (κ1) is 23.9. The number of halogens is 1. The van der Waals surface area contributed by atoms with Crippen molar-refractivity contribution in [2.24, 2.45) is 0 Å². The van der Waals surface area contributed by atoms with Gasteiger partial charge in [0.1, 0.15) is 5.82 Å². The molecule has 2 aromatic rings. The molecule has 3 amide bonds. The van der Waals surface area contributed by atoms with Crippen molar-refractivity contribution in [2.75, 3.05) is 29.9 Å². The smallest absolute Gasteiger partial charge is 0.326 e. The summed E-state index contributed by atoms with van der Waals surface area (Å²) >= 11 is 0. The molecule has 2 rings (SSSR count). The van der Waals surface area contributed by atoms with Crippen LogP contribution in [0.25, 0.3) is 0 Å². The zero-order valence-electron chi connectivity index (χ0n) is 17.8. The number of anilines is 2. The highest BCUT2D eigenvalue weighted by Gasteiger charge is 2.16. The second-order valence-corrected chi connectivity index (χ2v) is 6.94. The van der Waals surface area contributed by atoms with E-state index in [1.54, 1.807) is 13.0 Å². The van der Waals surface area contributed by atoms with Gasteiger partial charge in [-0.05, 0) is 62.2 Å². The number of hydrogen-bond acceptors (Lipinski definition) is 4. The van der Waals surface area contributed by atoms with Crippen LogP contribution in [0.1, 0.15) is 31.7 Å². The number of urea groups is 1. The molecule has 8 heteroatoms. The quantitative estimate of drug-likeness (QED) is 0.441. The summed E-state index contributed by atoms with van der Waals surface area (Å²) in [5.41, 5.74) is 2.21. The van der Waals surface area contributed by atoms with Crippen LogP contribution in [-0.4, -0.2) is 37.6 Å². The van der Waals surface area contributed by atoms with Gasteiger partial charge in [-0.25, -0.2) is 9.18 Å². The Kier molecular flexibility index (Phi) is 9.48. The number of amides is 3. The lowest BCUT2D eigenvalue weighted by molar-refractivity contribution is -0.144. The van der Waals surface area contributed by atoms with Gasteiger partial charge >= 0.3 is 12.0 Å². The molecular formula is C23H28FN3O4. The normalized spacial score (nSPS) is 10.3. The number of carbonyl (C=O) groups is 3. The lowest BCUT2D eigenvalue weighted by Crippen LogP contribution is -2.37. The number of esters is 1. The molecule has 0 saturated carbocycles. The van der Waals surface area contributed by atoms with Crippen LogP contribution in [0.4, 0.5) is 20.6 Å². The molecule has 31 heavy (non-hydrogen) atoms. The van der Waals surface area contributed by atoms with Crippen LogP contribution in [0.2, 0.25) is 0 Å². The third-order valence-electron chi connectivity index (χ3n) is 4.39. The van der Waals surface area contributed by atoms with Crippen LogP contribution in [0.3, 0.4) is 0 Å². The van der Waals surface area contributed by atoms with Gasteiger partial charge in [-0.3, -0.25) is 14.5 Å². The summed E-state index contributed by atoms with van der Waals surface area (Å²) in [6, 6.07) is 12.7. The number of aryl methyl sites for hydroxylation is 1. The molecule has 2 N–H and O–H groups in total. The van der Waals surface area contributed by atoms with Crippen LogP contribution < -0.4 is 15.5 Å². The predicted molar refractivity (Wildman–Crippen MR) is 117 cm³/mol. The van der Waals surface area contributed by atoms with Gasteiger partial charge in [0.25, 0.3) is 0 Å². The van der Waals surface area contributed by atoms with E-state index in [0.29, 0.717) is 30.9 Å². The summed E-state index contributed by atoms with van der Waals surface area (Å²) in [4.78, 5) is 37.5. The first-order valence-electron chi connectivity index (χ1n) is 10.2. The van der Waals surface area contributed by atoms with E-state index in [1.807, 2.05) is 25.1 Å². The first-order valence-corrected chi connectivity index (χ1v) is 10.2. The van der Waals surface area contributed by atoms with Gasteiger partial charge in [0, 0.05) is 30.9 Å². The SMILES string of the molecule is CCOC(=O)CCC(=O)NCCCN(C(=O)Nc1cccc(C)c1)c1ccc(F)cc1. The van der Waals surface area contributed by atoms with Gasteiger partial charge in [-0.2, -0.15) is 0 Å². The number of ether oxygens (including phenoxy) is 1. The van der Waals surface area contributed by atoms with Crippen molar-refractivity contribution in [1.82, 2.24) is 5.32 Å². The Balaban J connectivity index is 1.92. The van der Waals surface area contributed by atoms with Gasteiger partial charge in [-0.15, -0.1) is 0 Å². The molecule has 0 fully saturated rings. The largest absolute Gasteiger partial charge is 0.466 e. The molecular weight excluding hydrogens is 401 g/mol. The van der Waals surface area contributed by atoms with E-state index in [9.17, 15) is 18.8 Å². The molecule has 166 valence electrons. The summed E-state index contributed by atoms with van der Waals surface area (Å²) in [5.74, 6) is -1.06. The van der Waals surface area contributed by atoms with E-state index < -0.39 is 11.8 Å². The average Bonchev–Trinajstić information content (AvgIpc) is 2.73. The molecule has 0 radical (unpaired) electrons. The van der Waals surface area contributed by atoms with Crippen molar-refractivity contribution in [2.45, 2.75) is 33.1 Å². The monoisotopic (exact) mass is 429 g/mol. The molecule has 0 heterocycles. The van der Waals surface area contributed by atoms with Gasteiger partial charge in [0.05, 0.1) is 13.0 Å². The Morgan fingerprint density at radius 1 is 1.06 bits per heavy atom. The van der Waals surface area contributed by atoms with Crippen molar-refractivity contribution in [3.05, 3.63) is 59.9 Å². The summed E-state index contributed by atoms with van der Waals surface area (Å²) in [6.07, 6.45) is 0.554. The van der Waals surface area contributed by atoms with Crippen LogP contribution in [0.15, 0.2) is 48.5 Å². The van der Waals surface area contributed by atoms with Gasteiger partial charge in [0.2, 0.25) is 5.91 Å². The van der Waals surface area contributed by atoms with Gasteiger partial charge in [-0.1, -0.05) is 12.1 Å². The van der Waals surface area contributed by atoms with E-state index in [2.05, 4.69) is 10.6 Å². The van der Waals surface area contributed by atoms with Crippen LogP contribution in [0, 0.1) is 12.7 Å². The third-order valence-corrected chi connectivity index (χ3v) is 4.39. The Morgan fingerprint density at radius 2 is 1.81 bits per heavy atom. The number of nitrogens with zero attached hydrogens (tertiary/aromatic N) is 1. The molecule has 0 aliphatic rings. The Bertz CT molecular complexity index is 887. The van der Waals surface area contributed by atoms with Crippen molar-refractivity contribution < 1.29 is 23.5 Å². The fourth-order valence-electron chi connectivity index (χ4n) is 2.88. The topological polar surface area (TPSA) is 87.7 Å². The van der Waals surface area contributed by atoms with Crippen LogP contribution >= 0.6 is 0 Å². The molecule has 0 atom stereocenters. The number of carbonyl (C=O) groups excluding carboxylic acids is 3. The standard InChI is InChI=1S/C23H28FN3O4/c1-3-31-22(29)13-12-21(28)25-14-5-15-27(20-10-8-18(24)9-11-20)23(30)26-19-7-4-6-17(2)16-19/h4,6-11,16H,3,5,12-15H2,1-2H3,(H,25,28)(H,26,30). The fraction of sp³-hybridized carbons (Fsp3) is 0.348. The number of rotatable bonds is 10. The fourth-order valence-corrected chi connectivity index (χ4v) is 2.88. The molecule has 0 aliphatic heterocycles. The zero-order chi connectivity index (χ0) is 22.6. The van der Waals surface area contributed by atoms with E-state index in [0.717, 1.165) is 5.56 Å². The lowest BCUT2D eigenvalue weighted by Gasteiger charge is -2.23. The molecule has 7 nitrogen and oxygen atoms in total. The van der Waals surface area contributed by atoms with E-state index >= 15 is 0 Å². The maximum atomic E-state index is 13.3. The van der Waals surface area contributed by atoms with Crippen molar-refractivity contribution in [1.29, 1.82) is 0 Å². The highest BCUT2D eigenvalue weighted by atomic mass is 19.1. The Hall–Kier alpha value is -3.42. The van der Waals surface area contributed by atoms with Crippen molar-refractivity contribution in [3.63, 3.8) is 0 Å². The summed E-state index contributed by atoms with van der Waals surface area (Å²) in [6.45, 7) is 4.56. The van der Waals surface area contributed by atoms with E-state index in [1.165, 1.54) is 29.2 Å². The summed E-state index contributed by atoms with van der Waals surface area (Å²) < 4.78 is 18.1. The molecule has 0 aromatic heterocycles. The Labute approximate surface area is 181 Å². The van der Waals surface area contributed by atoms with Gasteiger partial charge < -0.3 is 15.4 Å². The zero-order valence-corrected chi connectivity index (χ0v) is 17.8. The molecule has 0 unspecified atom stereocenters. The second kappa shape index (κ2) is 12.3. The summed E-state index contributed by atoms with van der Waals surface area (Å²) in [7, 11) is 0. The van der Waals surface area contributed by atoms with Crippen molar-refractivity contribution in [3.8, 4) is 0 Å². The third kappa shape index (κ3) is 8.46. The molecule has 0 spiro atoms. The predicted octanol–water partition coefficient (Wildman–Crippen LogP) is 4.02. The Morgan fingerprint density at radius 3 is 2.48 bits per heavy atom. The maximum absolute atomic E-state index is 13.3. The minimum atomic E-state index is -0.409. The average molecular weight is 429 g/mol. The molecule has 0 bridgehead atoms. The molecule has 2 aromatic carbocycles. The van der Waals surface area contributed by atoms with Crippen molar-refractivity contribution >= 4 is 29.3 Å². The number of nitrogens with one attached hydrogen (secondary N) is 2. The van der Waals surface area contributed by atoms with Crippen LogP contribution in [0.5, 0.6) is 0 Å².